The predicted octanol–water partition coefficient (Wildman–Crippen LogP) is 1.51. The van der Waals surface area contributed by atoms with Gasteiger partial charge in [0.1, 0.15) is 0 Å². The minimum Gasteiger partial charge on any atom is -0.481 e. The second-order valence-corrected chi connectivity index (χ2v) is 5.01. The third-order valence-corrected chi connectivity index (χ3v) is 3.84. The molecule has 0 aliphatic carbocycles. The number of hydrogen-bond acceptors (Lipinski definition) is 4. The van der Waals surface area contributed by atoms with E-state index in [9.17, 15) is 20.0 Å². The Hall–Kier alpha value is -1.95. The van der Waals surface area contributed by atoms with Crippen molar-refractivity contribution in [1.29, 1.82) is 0 Å². The van der Waals surface area contributed by atoms with Crippen LogP contribution in [0.3, 0.4) is 0 Å². The van der Waals surface area contributed by atoms with Crippen LogP contribution in [-0.4, -0.2) is 29.1 Å². The van der Waals surface area contributed by atoms with E-state index in [0.29, 0.717) is 31.5 Å². The van der Waals surface area contributed by atoms with Gasteiger partial charge in [-0.25, -0.2) is 0 Å². The third kappa shape index (κ3) is 2.44. The van der Waals surface area contributed by atoms with Crippen LogP contribution < -0.4 is 5.32 Å². The molecule has 2 rings (SSSR count). The lowest BCUT2D eigenvalue weighted by atomic mass is 9.80. The molecule has 6 heteroatoms. The third-order valence-electron chi connectivity index (χ3n) is 3.84. The molecule has 0 spiro atoms. The summed E-state index contributed by atoms with van der Waals surface area (Å²) in [6.45, 7) is 2.75. The highest BCUT2D eigenvalue weighted by molar-refractivity contribution is 5.76. The van der Waals surface area contributed by atoms with Gasteiger partial charge in [-0.05, 0) is 31.9 Å². The number of nitrogens with zero attached hydrogens (tertiary/aromatic N) is 1. The maximum Gasteiger partial charge on any atom is 0.311 e. The zero-order valence-corrected chi connectivity index (χ0v) is 10.7. The maximum atomic E-state index is 11.5. The van der Waals surface area contributed by atoms with Crippen molar-refractivity contribution in [3.63, 3.8) is 0 Å². The highest BCUT2D eigenvalue weighted by Crippen LogP contribution is 2.33. The number of nitrogens with one attached hydrogen (secondary N) is 1. The first-order valence-electron chi connectivity index (χ1n) is 6.13. The molecule has 102 valence electrons. The zero-order chi connectivity index (χ0) is 14.0. The van der Waals surface area contributed by atoms with Gasteiger partial charge in [-0.1, -0.05) is 12.1 Å². The van der Waals surface area contributed by atoms with Gasteiger partial charge in [0.15, 0.2) is 0 Å². The first-order valence-corrected chi connectivity index (χ1v) is 6.13. The molecule has 0 saturated carbocycles. The molecule has 0 amide bonds. The molecule has 1 atom stereocenters. The number of nitro benzene ring substituents is 1. The van der Waals surface area contributed by atoms with Gasteiger partial charge in [-0.2, -0.15) is 0 Å². The summed E-state index contributed by atoms with van der Waals surface area (Å²) in [7, 11) is 0. The second-order valence-electron chi connectivity index (χ2n) is 5.01. The van der Waals surface area contributed by atoms with E-state index < -0.39 is 16.3 Å². The molecule has 0 radical (unpaired) electrons. The van der Waals surface area contributed by atoms with Crippen LogP contribution in [0.15, 0.2) is 18.2 Å². The van der Waals surface area contributed by atoms with E-state index in [2.05, 4.69) is 5.32 Å². The number of benzene rings is 1. The van der Waals surface area contributed by atoms with Crippen molar-refractivity contribution in [1.82, 2.24) is 5.32 Å². The molecule has 1 saturated heterocycles. The number of carboxylic acids is 1. The van der Waals surface area contributed by atoms with E-state index in [1.165, 1.54) is 6.07 Å². The predicted molar refractivity (Wildman–Crippen MR) is 69.1 cm³/mol. The molecule has 0 bridgehead atoms. The fourth-order valence-electron chi connectivity index (χ4n) is 2.58. The van der Waals surface area contributed by atoms with Gasteiger partial charge in [0.2, 0.25) is 0 Å². The van der Waals surface area contributed by atoms with Gasteiger partial charge in [0.05, 0.1) is 10.3 Å². The van der Waals surface area contributed by atoms with Crippen LogP contribution in [0.1, 0.15) is 17.5 Å². The highest BCUT2D eigenvalue weighted by atomic mass is 16.6. The molecule has 6 nitrogen and oxygen atoms in total. The van der Waals surface area contributed by atoms with Crippen LogP contribution in [0, 0.1) is 22.5 Å². The number of carboxylic acid groups (broad SMARTS) is 1. The quantitative estimate of drug-likeness (QED) is 0.635. The summed E-state index contributed by atoms with van der Waals surface area (Å²) in [5.41, 5.74) is 0.490. The Morgan fingerprint density at radius 1 is 1.58 bits per heavy atom. The number of nitro groups is 1. The van der Waals surface area contributed by atoms with Crippen molar-refractivity contribution in [3.05, 3.63) is 39.4 Å². The molecule has 1 unspecified atom stereocenters. The average Bonchev–Trinajstić information content (AvgIpc) is 2.81. The number of aliphatic carboxylic acids is 1. The Balaban J connectivity index is 2.35. The summed E-state index contributed by atoms with van der Waals surface area (Å²) in [4.78, 5) is 22.0. The SMILES string of the molecule is Cc1c(CC2(C(=O)O)CCNC2)cccc1[N+](=O)[O-]. The molecule has 0 aromatic heterocycles. The van der Waals surface area contributed by atoms with Crippen molar-refractivity contribution in [2.24, 2.45) is 5.41 Å². The summed E-state index contributed by atoms with van der Waals surface area (Å²) in [6, 6.07) is 4.82. The monoisotopic (exact) mass is 264 g/mol. The van der Waals surface area contributed by atoms with Crippen molar-refractivity contribution in [3.8, 4) is 0 Å². The maximum absolute atomic E-state index is 11.5. The molecule has 2 N–H and O–H groups in total. The van der Waals surface area contributed by atoms with E-state index in [1.807, 2.05) is 0 Å². The lowest BCUT2D eigenvalue weighted by Gasteiger charge is -2.23. The molecular formula is C13H16N2O4. The Bertz CT molecular complexity index is 521. The van der Waals surface area contributed by atoms with Crippen molar-refractivity contribution < 1.29 is 14.8 Å². The van der Waals surface area contributed by atoms with Crippen LogP contribution in [-0.2, 0) is 11.2 Å². The summed E-state index contributed by atoms with van der Waals surface area (Å²) >= 11 is 0. The molecular weight excluding hydrogens is 248 g/mol. The fraction of sp³-hybridized carbons (Fsp3) is 0.462. The zero-order valence-electron chi connectivity index (χ0n) is 10.7. The standard InChI is InChI=1S/C13H16N2O4/c1-9-10(3-2-4-11(9)15(18)19)7-13(12(16)17)5-6-14-8-13/h2-4,14H,5-8H2,1H3,(H,16,17). The molecule has 1 heterocycles. The van der Waals surface area contributed by atoms with E-state index >= 15 is 0 Å². The van der Waals surface area contributed by atoms with E-state index in [0.717, 1.165) is 5.56 Å². The summed E-state index contributed by atoms with van der Waals surface area (Å²) in [5, 5.41) is 23.4. The van der Waals surface area contributed by atoms with Crippen LogP contribution >= 0.6 is 0 Å². The van der Waals surface area contributed by atoms with E-state index in [4.69, 9.17) is 0 Å². The van der Waals surface area contributed by atoms with Crippen LogP contribution in [0.2, 0.25) is 0 Å². The van der Waals surface area contributed by atoms with Gasteiger partial charge in [0.25, 0.3) is 5.69 Å². The van der Waals surface area contributed by atoms with E-state index in [1.54, 1.807) is 19.1 Å². The van der Waals surface area contributed by atoms with Crippen molar-refractivity contribution >= 4 is 11.7 Å². The first-order chi connectivity index (χ1) is 8.96. The summed E-state index contributed by atoms with van der Waals surface area (Å²) in [6.07, 6.45) is 0.868. The topological polar surface area (TPSA) is 92.5 Å². The van der Waals surface area contributed by atoms with Gasteiger partial charge in [-0.3, -0.25) is 14.9 Å². The largest absolute Gasteiger partial charge is 0.481 e. The fourth-order valence-corrected chi connectivity index (χ4v) is 2.58. The van der Waals surface area contributed by atoms with E-state index in [-0.39, 0.29) is 5.69 Å². The average molecular weight is 264 g/mol. The Morgan fingerprint density at radius 3 is 2.84 bits per heavy atom. The van der Waals surface area contributed by atoms with Crippen LogP contribution in [0.4, 0.5) is 5.69 Å². The van der Waals surface area contributed by atoms with Gasteiger partial charge in [0, 0.05) is 18.2 Å². The molecule has 1 aromatic carbocycles. The molecule has 1 fully saturated rings. The normalized spacial score (nSPS) is 22.4. The molecule has 1 aromatic rings. The Kier molecular flexibility index (Phi) is 3.53. The number of carbonyl (C=O) groups is 1. The second kappa shape index (κ2) is 4.97. The smallest absolute Gasteiger partial charge is 0.311 e. The van der Waals surface area contributed by atoms with Crippen molar-refractivity contribution in [2.45, 2.75) is 19.8 Å². The van der Waals surface area contributed by atoms with Crippen LogP contribution in [0.25, 0.3) is 0 Å². The van der Waals surface area contributed by atoms with Crippen molar-refractivity contribution in [2.75, 3.05) is 13.1 Å². The molecule has 1 aliphatic heterocycles. The highest BCUT2D eigenvalue weighted by Gasteiger charge is 2.41. The summed E-state index contributed by atoms with van der Waals surface area (Å²) in [5.74, 6) is -0.844. The van der Waals surface area contributed by atoms with Gasteiger partial charge >= 0.3 is 5.97 Å². The van der Waals surface area contributed by atoms with Gasteiger partial charge < -0.3 is 10.4 Å². The Morgan fingerprint density at radius 2 is 2.32 bits per heavy atom. The first kappa shape index (κ1) is 13.5. The lowest BCUT2D eigenvalue weighted by molar-refractivity contribution is -0.385. The number of rotatable bonds is 4. The number of hydrogen-bond donors (Lipinski definition) is 2. The Labute approximate surface area is 110 Å². The molecule has 1 aliphatic rings. The lowest BCUT2D eigenvalue weighted by Crippen LogP contribution is -2.35. The molecule has 19 heavy (non-hydrogen) atoms. The van der Waals surface area contributed by atoms with Crippen LogP contribution in [0.5, 0.6) is 0 Å². The summed E-state index contributed by atoms with van der Waals surface area (Å²) < 4.78 is 0. The van der Waals surface area contributed by atoms with Gasteiger partial charge in [-0.15, -0.1) is 0 Å². The minimum atomic E-state index is -0.847. The minimum absolute atomic E-state index is 0.0454.